The number of carbonyl (C=O) groups excluding carboxylic acids is 1. The number of pyridine rings is 1. The number of anilines is 1. The van der Waals surface area contributed by atoms with E-state index in [0.29, 0.717) is 39.3 Å². The van der Waals surface area contributed by atoms with Crippen LogP contribution in [0.15, 0.2) is 55.0 Å². The van der Waals surface area contributed by atoms with E-state index in [-0.39, 0.29) is 5.75 Å². The Balaban J connectivity index is 1.36. The standard InChI is InChI=1S/C26H24FN7O4/c1-14-8-21-25(29-13-24(31-21)36-4)22(9-14)34-32-19-10-18(27)23(11-20(19)33-34)37-15(2)16(3)38-26(35)30-17-6-5-7-28-12-17/h5-13,15-16H,1-4H3,(H,30,35). The number of rotatable bonds is 7. The number of aromatic nitrogens is 6. The zero-order valence-electron chi connectivity index (χ0n) is 21.0. The molecule has 11 nitrogen and oxygen atoms in total. The van der Waals surface area contributed by atoms with Crippen molar-refractivity contribution in [1.82, 2.24) is 29.9 Å². The highest BCUT2D eigenvalue weighted by atomic mass is 19.1. The summed E-state index contributed by atoms with van der Waals surface area (Å²) in [7, 11) is 1.52. The molecule has 3 aromatic heterocycles. The molecule has 0 radical (unpaired) electrons. The van der Waals surface area contributed by atoms with Gasteiger partial charge in [-0.05, 0) is 50.6 Å². The van der Waals surface area contributed by atoms with E-state index in [4.69, 9.17) is 14.2 Å². The van der Waals surface area contributed by atoms with Crippen molar-refractivity contribution >= 4 is 33.8 Å². The molecule has 1 N–H and O–H groups in total. The summed E-state index contributed by atoms with van der Waals surface area (Å²) in [6.07, 6.45) is 2.57. The quantitative estimate of drug-likeness (QED) is 0.329. The molecule has 5 aromatic rings. The fraction of sp³-hybridized carbons (Fsp3) is 0.231. The molecule has 3 heterocycles. The third-order valence-corrected chi connectivity index (χ3v) is 5.78. The molecule has 38 heavy (non-hydrogen) atoms. The predicted octanol–water partition coefficient (Wildman–Crippen LogP) is 4.62. The zero-order valence-corrected chi connectivity index (χ0v) is 21.0. The van der Waals surface area contributed by atoms with Crippen molar-refractivity contribution in [3.8, 4) is 17.3 Å². The highest BCUT2D eigenvalue weighted by molar-refractivity contribution is 5.85. The molecule has 2 aromatic carbocycles. The number of amides is 1. The number of nitrogens with zero attached hydrogens (tertiary/aromatic N) is 6. The normalized spacial score (nSPS) is 12.8. The first kappa shape index (κ1) is 24.8. The molecule has 0 aliphatic carbocycles. The largest absolute Gasteiger partial charge is 0.484 e. The highest BCUT2D eigenvalue weighted by Crippen LogP contribution is 2.27. The molecule has 0 saturated carbocycles. The molecule has 0 aliphatic heterocycles. The molecule has 0 saturated heterocycles. The van der Waals surface area contributed by atoms with E-state index in [0.717, 1.165) is 5.56 Å². The Kier molecular flexibility index (Phi) is 6.69. The van der Waals surface area contributed by atoms with E-state index in [1.54, 1.807) is 32.2 Å². The van der Waals surface area contributed by atoms with Gasteiger partial charge < -0.3 is 14.2 Å². The van der Waals surface area contributed by atoms with Crippen molar-refractivity contribution in [3.05, 3.63) is 66.4 Å². The molecule has 5 rings (SSSR count). The summed E-state index contributed by atoms with van der Waals surface area (Å²) in [5.74, 6) is -0.279. The molecule has 2 atom stereocenters. The SMILES string of the molecule is COc1cnc2c(-n3nc4cc(F)c(OC(C)C(C)OC(=O)Nc5cccnc5)cc4n3)cc(C)cc2n1. The number of carbonyl (C=O) groups is 1. The summed E-state index contributed by atoms with van der Waals surface area (Å²) in [4.78, 5) is 26.4. The van der Waals surface area contributed by atoms with Gasteiger partial charge in [-0.2, -0.15) is 0 Å². The van der Waals surface area contributed by atoms with Crippen LogP contribution < -0.4 is 14.8 Å². The Morgan fingerprint density at radius 2 is 1.84 bits per heavy atom. The topological polar surface area (TPSA) is 126 Å². The van der Waals surface area contributed by atoms with Gasteiger partial charge in [0.25, 0.3) is 0 Å². The minimum absolute atomic E-state index is 0.0428. The second kappa shape index (κ2) is 10.2. The van der Waals surface area contributed by atoms with Gasteiger partial charge in [-0.1, -0.05) is 0 Å². The highest BCUT2D eigenvalue weighted by Gasteiger charge is 2.21. The predicted molar refractivity (Wildman–Crippen MR) is 137 cm³/mol. The number of nitrogens with one attached hydrogen (secondary N) is 1. The fourth-order valence-corrected chi connectivity index (χ4v) is 3.74. The average Bonchev–Trinajstić information content (AvgIpc) is 3.30. The van der Waals surface area contributed by atoms with Crippen LogP contribution in [0.1, 0.15) is 19.4 Å². The van der Waals surface area contributed by atoms with E-state index in [1.165, 1.54) is 36.4 Å². The molecule has 2 unspecified atom stereocenters. The Bertz CT molecular complexity index is 1630. The fourth-order valence-electron chi connectivity index (χ4n) is 3.74. The second-order valence-electron chi connectivity index (χ2n) is 8.63. The zero-order chi connectivity index (χ0) is 26.8. The summed E-state index contributed by atoms with van der Waals surface area (Å²) < 4.78 is 31.3. The van der Waals surface area contributed by atoms with Gasteiger partial charge in [0.05, 0.1) is 30.7 Å². The number of hydrogen-bond acceptors (Lipinski definition) is 9. The van der Waals surface area contributed by atoms with Gasteiger partial charge >= 0.3 is 6.09 Å². The number of fused-ring (bicyclic) bond motifs is 2. The minimum Gasteiger partial charge on any atom is -0.484 e. The van der Waals surface area contributed by atoms with Gasteiger partial charge in [0, 0.05) is 18.3 Å². The summed E-state index contributed by atoms with van der Waals surface area (Å²) in [5, 5.41) is 11.5. The third kappa shape index (κ3) is 5.14. The molecule has 0 aliphatic rings. The van der Waals surface area contributed by atoms with Crippen LogP contribution in [0.2, 0.25) is 0 Å². The molecule has 194 valence electrons. The van der Waals surface area contributed by atoms with Gasteiger partial charge in [-0.25, -0.2) is 19.2 Å². The average molecular weight is 518 g/mol. The lowest BCUT2D eigenvalue weighted by molar-refractivity contribution is 0.0402. The smallest absolute Gasteiger partial charge is 0.412 e. The van der Waals surface area contributed by atoms with Crippen LogP contribution in [0.3, 0.4) is 0 Å². The van der Waals surface area contributed by atoms with Crippen LogP contribution in [0.4, 0.5) is 14.9 Å². The van der Waals surface area contributed by atoms with Crippen LogP contribution in [-0.2, 0) is 4.74 Å². The van der Waals surface area contributed by atoms with Crippen LogP contribution >= 0.6 is 0 Å². The van der Waals surface area contributed by atoms with Crippen molar-refractivity contribution in [1.29, 1.82) is 0 Å². The van der Waals surface area contributed by atoms with Gasteiger partial charge in [0.15, 0.2) is 11.6 Å². The molecule has 0 spiro atoms. The van der Waals surface area contributed by atoms with Crippen LogP contribution in [0.5, 0.6) is 11.6 Å². The molecular formula is C26H24FN7O4. The number of methoxy groups -OCH3 is 1. The number of aryl methyl sites for hydroxylation is 1. The van der Waals surface area contributed by atoms with Gasteiger partial charge in [0.1, 0.15) is 34.4 Å². The van der Waals surface area contributed by atoms with Crippen LogP contribution in [0, 0.1) is 12.7 Å². The van der Waals surface area contributed by atoms with E-state index in [9.17, 15) is 9.18 Å². The molecule has 0 bridgehead atoms. The maximum atomic E-state index is 14.9. The van der Waals surface area contributed by atoms with Crippen molar-refractivity contribution in [2.45, 2.75) is 33.0 Å². The minimum atomic E-state index is -0.688. The molecule has 0 fully saturated rings. The Morgan fingerprint density at radius 3 is 2.58 bits per heavy atom. The summed E-state index contributed by atoms with van der Waals surface area (Å²) in [5.41, 5.74) is 3.92. The molecule has 1 amide bonds. The number of hydrogen-bond donors (Lipinski definition) is 1. The van der Waals surface area contributed by atoms with Crippen molar-refractivity contribution in [3.63, 3.8) is 0 Å². The number of halogens is 1. The van der Waals surface area contributed by atoms with Crippen molar-refractivity contribution in [2.75, 3.05) is 12.4 Å². The van der Waals surface area contributed by atoms with E-state index < -0.39 is 24.1 Å². The van der Waals surface area contributed by atoms with Crippen molar-refractivity contribution in [2.24, 2.45) is 0 Å². The maximum absolute atomic E-state index is 14.9. The first-order chi connectivity index (χ1) is 18.3. The monoisotopic (exact) mass is 517 g/mol. The van der Waals surface area contributed by atoms with Crippen LogP contribution in [-0.4, -0.2) is 55.4 Å². The Morgan fingerprint density at radius 1 is 1.05 bits per heavy atom. The number of benzene rings is 2. The number of ether oxygens (including phenoxy) is 3. The van der Waals surface area contributed by atoms with Crippen LogP contribution in [0.25, 0.3) is 27.8 Å². The van der Waals surface area contributed by atoms with Crippen molar-refractivity contribution < 1.29 is 23.4 Å². The van der Waals surface area contributed by atoms with E-state index >= 15 is 0 Å². The Hall–Kier alpha value is -4.87. The summed E-state index contributed by atoms with van der Waals surface area (Å²) in [6.45, 7) is 5.24. The van der Waals surface area contributed by atoms with Gasteiger partial charge in [-0.3, -0.25) is 10.3 Å². The Labute approximate surface area is 216 Å². The lowest BCUT2D eigenvalue weighted by Crippen LogP contribution is -2.32. The van der Waals surface area contributed by atoms with E-state index in [1.807, 2.05) is 19.1 Å². The lowest BCUT2D eigenvalue weighted by atomic mass is 10.2. The summed E-state index contributed by atoms with van der Waals surface area (Å²) in [6, 6.07) is 9.82. The molecule has 12 heteroatoms. The second-order valence-corrected chi connectivity index (χ2v) is 8.63. The third-order valence-electron chi connectivity index (χ3n) is 5.78. The van der Waals surface area contributed by atoms with Gasteiger partial charge in [-0.15, -0.1) is 15.0 Å². The van der Waals surface area contributed by atoms with E-state index in [2.05, 4.69) is 30.5 Å². The summed E-state index contributed by atoms with van der Waals surface area (Å²) >= 11 is 0. The first-order valence-corrected chi connectivity index (χ1v) is 11.7. The molecular weight excluding hydrogens is 493 g/mol. The first-order valence-electron chi connectivity index (χ1n) is 11.7. The maximum Gasteiger partial charge on any atom is 0.412 e. The van der Waals surface area contributed by atoms with Gasteiger partial charge in [0.2, 0.25) is 5.88 Å². The lowest BCUT2D eigenvalue weighted by Gasteiger charge is -2.22.